The number of nitrogens with zero attached hydrogens (tertiary/aromatic N) is 5. The normalized spacial score (nSPS) is 26.2. The van der Waals surface area contributed by atoms with Crippen LogP contribution in [0.4, 0.5) is 4.39 Å². The quantitative estimate of drug-likeness (QED) is 0.664. The van der Waals surface area contributed by atoms with Gasteiger partial charge in [-0.05, 0) is 50.4 Å². The van der Waals surface area contributed by atoms with Gasteiger partial charge in [-0.2, -0.15) is 5.10 Å². The lowest BCUT2D eigenvalue weighted by molar-refractivity contribution is 0.0881. The summed E-state index contributed by atoms with van der Waals surface area (Å²) in [5, 5.41) is 17.3. The number of carbonyl (C=O) groups is 1. The average Bonchev–Trinajstić information content (AvgIpc) is 3.09. The van der Waals surface area contributed by atoms with Gasteiger partial charge in [0.1, 0.15) is 11.4 Å². The lowest BCUT2D eigenvalue weighted by Crippen LogP contribution is -2.46. The van der Waals surface area contributed by atoms with Crippen molar-refractivity contribution in [2.24, 2.45) is 0 Å². The highest BCUT2D eigenvalue weighted by Crippen LogP contribution is 2.48. The van der Waals surface area contributed by atoms with Gasteiger partial charge in [0.15, 0.2) is 5.65 Å². The minimum Gasteiger partial charge on any atom is -0.394 e. The topological polar surface area (TPSA) is 95.7 Å². The number of pyridine rings is 1. The predicted molar refractivity (Wildman–Crippen MR) is 106 cm³/mol. The van der Waals surface area contributed by atoms with Crippen molar-refractivity contribution < 1.29 is 14.3 Å². The third kappa shape index (κ3) is 3.05. The Hall–Kier alpha value is -2.91. The van der Waals surface area contributed by atoms with Gasteiger partial charge in [0.05, 0.1) is 24.5 Å². The molecule has 3 atom stereocenters. The maximum Gasteiger partial charge on any atom is 0.257 e. The van der Waals surface area contributed by atoms with Crippen LogP contribution in [0.2, 0.25) is 0 Å². The van der Waals surface area contributed by atoms with E-state index in [1.165, 1.54) is 12.4 Å². The maximum atomic E-state index is 13.8. The fourth-order valence-corrected chi connectivity index (χ4v) is 4.70. The number of aliphatic hydroxyl groups is 1. The zero-order valence-corrected chi connectivity index (χ0v) is 16.6. The number of halogens is 1. The van der Waals surface area contributed by atoms with Crippen molar-refractivity contribution in [1.82, 2.24) is 29.8 Å². The summed E-state index contributed by atoms with van der Waals surface area (Å²) in [5.74, 6) is -0.653. The molecular formula is C21H23FN6O2. The second kappa shape index (κ2) is 7.10. The van der Waals surface area contributed by atoms with E-state index in [4.69, 9.17) is 0 Å². The third-order valence-corrected chi connectivity index (χ3v) is 6.35. The van der Waals surface area contributed by atoms with Crippen molar-refractivity contribution in [3.05, 3.63) is 59.6 Å². The molecule has 0 spiro atoms. The van der Waals surface area contributed by atoms with E-state index in [9.17, 15) is 14.3 Å². The Balaban J connectivity index is 1.37. The van der Waals surface area contributed by atoms with Crippen LogP contribution in [0.3, 0.4) is 0 Å². The molecule has 156 valence electrons. The number of likely N-dealkylation sites (tertiary alicyclic amines) is 1. The third-order valence-electron chi connectivity index (χ3n) is 6.35. The van der Waals surface area contributed by atoms with Gasteiger partial charge in [-0.3, -0.25) is 14.7 Å². The molecule has 5 rings (SSSR count). The lowest BCUT2D eigenvalue weighted by atomic mass is 10.0. The van der Waals surface area contributed by atoms with Crippen LogP contribution in [0.25, 0.3) is 5.65 Å². The molecule has 1 saturated carbocycles. The molecule has 1 amide bonds. The minimum atomic E-state index is -0.725. The highest BCUT2D eigenvalue weighted by molar-refractivity contribution is 6.00. The standard InChI is InChI=1S/C21H23FN6O2/c1-13-15(8-14(22)10-24-13)17-4-2-6-27(17)18-9-21(18,12-29)26-20(30)16-11-25-28-7-3-5-23-19(16)28/h3,5,7-8,10-11,17-18,29H,2,4,6,9,12H2,1H3,(H,26,30)/t17-,18-,21+/m1/s1. The van der Waals surface area contributed by atoms with Crippen molar-refractivity contribution in [3.8, 4) is 0 Å². The summed E-state index contributed by atoms with van der Waals surface area (Å²) in [7, 11) is 0. The fraction of sp³-hybridized carbons (Fsp3) is 0.429. The molecule has 30 heavy (non-hydrogen) atoms. The Morgan fingerprint density at radius 1 is 1.40 bits per heavy atom. The van der Waals surface area contributed by atoms with Crippen LogP contribution in [0.5, 0.6) is 0 Å². The first-order valence-corrected chi connectivity index (χ1v) is 10.1. The van der Waals surface area contributed by atoms with Gasteiger partial charge in [-0.25, -0.2) is 13.9 Å². The van der Waals surface area contributed by atoms with Gasteiger partial charge in [0, 0.05) is 30.2 Å². The zero-order chi connectivity index (χ0) is 20.9. The Morgan fingerprint density at radius 3 is 3.10 bits per heavy atom. The SMILES string of the molecule is Cc1ncc(F)cc1[C@H]1CCCN1[C@@H]1C[C@@]1(CO)NC(=O)c1cnn2cccnc12. The molecule has 1 aliphatic carbocycles. The minimum absolute atomic E-state index is 0.0172. The second-order valence-electron chi connectivity index (χ2n) is 8.16. The molecule has 4 heterocycles. The second-order valence-corrected chi connectivity index (χ2v) is 8.16. The maximum absolute atomic E-state index is 13.8. The van der Waals surface area contributed by atoms with Gasteiger partial charge < -0.3 is 10.4 Å². The largest absolute Gasteiger partial charge is 0.394 e. The van der Waals surface area contributed by atoms with E-state index in [2.05, 4.69) is 25.3 Å². The fourth-order valence-electron chi connectivity index (χ4n) is 4.70. The molecule has 3 aromatic heterocycles. The molecule has 8 nitrogen and oxygen atoms in total. The predicted octanol–water partition coefficient (Wildman–Crippen LogP) is 1.64. The number of aryl methyl sites for hydroxylation is 1. The monoisotopic (exact) mass is 410 g/mol. The molecule has 0 unspecified atom stereocenters. The molecule has 0 aromatic carbocycles. The summed E-state index contributed by atoms with van der Waals surface area (Å²) in [4.78, 5) is 23.6. The van der Waals surface area contributed by atoms with Crippen LogP contribution in [0.15, 0.2) is 36.9 Å². The molecule has 2 aliphatic rings. The van der Waals surface area contributed by atoms with Crippen molar-refractivity contribution in [3.63, 3.8) is 0 Å². The van der Waals surface area contributed by atoms with Crippen LogP contribution in [-0.4, -0.2) is 60.2 Å². The zero-order valence-electron chi connectivity index (χ0n) is 16.6. The van der Waals surface area contributed by atoms with E-state index in [1.54, 1.807) is 29.0 Å². The van der Waals surface area contributed by atoms with E-state index in [0.717, 1.165) is 30.6 Å². The number of rotatable bonds is 5. The first-order chi connectivity index (χ1) is 14.5. The first-order valence-electron chi connectivity index (χ1n) is 10.1. The summed E-state index contributed by atoms with van der Waals surface area (Å²) in [5.41, 5.74) is 1.81. The van der Waals surface area contributed by atoms with Crippen LogP contribution in [-0.2, 0) is 0 Å². The number of amides is 1. The number of hydrogen-bond donors (Lipinski definition) is 2. The summed E-state index contributed by atoms with van der Waals surface area (Å²) in [6.45, 7) is 2.55. The number of aromatic nitrogens is 4. The molecule has 1 saturated heterocycles. The Morgan fingerprint density at radius 2 is 2.27 bits per heavy atom. The number of hydrogen-bond acceptors (Lipinski definition) is 6. The summed E-state index contributed by atoms with van der Waals surface area (Å²) in [6.07, 6.45) is 8.57. The molecule has 3 aromatic rings. The van der Waals surface area contributed by atoms with Crippen LogP contribution >= 0.6 is 0 Å². The molecule has 2 N–H and O–H groups in total. The van der Waals surface area contributed by atoms with Crippen LogP contribution < -0.4 is 5.32 Å². The summed E-state index contributed by atoms with van der Waals surface area (Å²) >= 11 is 0. The van der Waals surface area contributed by atoms with Gasteiger partial charge in [0.25, 0.3) is 5.91 Å². The van der Waals surface area contributed by atoms with Gasteiger partial charge >= 0.3 is 0 Å². The summed E-state index contributed by atoms with van der Waals surface area (Å²) < 4.78 is 15.4. The van der Waals surface area contributed by atoms with Crippen molar-refractivity contribution in [2.75, 3.05) is 13.2 Å². The molecule has 2 fully saturated rings. The Labute approximate surface area is 172 Å². The average molecular weight is 410 g/mol. The number of carbonyl (C=O) groups excluding carboxylic acids is 1. The Bertz CT molecular complexity index is 1120. The van der Waals surface area contributed by atoms with Crippen molar-refractivity contribution in [1.29, 1.82) is 0 Å². The summed E-state index contributed by atoms with van der Waals surface area (Å²) in [6, 6.07) is 3.31. The van der Waals surface area contributed by atoms with E-state index in [0.29, 0.717) is 17.6 Å². The smallest absolute Gasteiger partial charge is 0.257 e. The van der Waals surface area contributed by atoms with E-state index < -0.39 is 5.54 Å². The van der Waals surface area contributed by atoms with Crippen molar-refractivity contribution >= 4 is 11.6 Å². The molecule has 0 bridgehead atoms. The van der Waals surface area contributed by atoms with Gasteiger partial charge in [-0.1, -0.05) is 0 Å². The van der Waals surface area contributed by atoms with Gasteiger partial charge in [-0.15, -0.1) is 0 Å². The van der Waals surface area contributed by atoms with Gasteiger partial charge in [0.2, 0.25) is 0 Å². The molecule has 0 radical (unpaired) electrons. The van der Waals surface area contributed by atoms with Crippen molar-refractivity contribution in [2.45, 2.75) is 43.8 Å². The van der Waals surface area contributed by atoms with E-state index >= 15 is 0 Å². The number of nitrogens with one attached hydrogen (secondary N) is 1. The lowest BCUT2D eigenvalue weighted by Gasteiger charge is -2.29. The van der Waals surface area contributed by atoms with Crippen LogP contribution in [0.1, 0.15) is 46.9 Å². The molecule has 9 heteroatoms. The first kappa shape index (κ1) is 19.1. The van der Waals surface area contributed by atoms with Crippen LogP contribution in [0, 0.1) is 12.7 Å². The number of aliphatic hydroxyl groups excluding tert-OH is 1. The highest BCUT2D eigenvalue weighted by atomic mass is 19.1. The highest BCUT2D eigenvalue weighted by Gasteiger charge is 2.59. The molecular weight excluding hydrogens is 387 g/mol. The van der Waals surface area contributed by atoms with E-state index in [-0.39, 0.29) is 30.4 Å². The number of fused-ring (bicyclic) bond motifs is 1. The molecule has 1 aliphatic heterocycles. The van der Waals surface area contributed by atoms with E-state index in [1.807, 2.05) is 6.92 Å². The Kier molecular flexibility index (Phi) is 4.52.